The first kappa shape index (κ1) is 27.2. The zero-order valence-corrected chi connectivity index (χ0v) is 22.3. The molecule has 0 aromatic heterocycles. The van der Waals surface area contributed by atoms with Crippen molar-refractivity contribution in [2.75, 3.05) is 13.7 Å². The number of halogens is 1. The number of hydrogen-bond donors (Lipinski definition) is 3. The lowest BCUT2D eigenvalue weighted by atomic mass is 9.83. The lowest BCUT2D eigenvalue weighted by Gasteiger charge is -2.32. The van der Waals surface area contributed by atoms with Gasteiger partial charge in [0, 0.05) is 24.6 Å². The maximum Gasteiger partial charge on any atom is 0.255 e. The summed E-state index contributed by atoms with van der Waals surface area (Å²) in [5, 5.41) is 6.16. The van der Waals surface area contributed by atoms with Crippen LogP contribution in [0.15, 0.2) is 12.1 Å². The Bertz CT molecular complexity index is 1030. The van der Waals surface area contributed by atoms with Gasteiger partial charge in [-0.2, -0.15) is 0 Å². The van der Waals surface area contributed by atoms with E-state index in [0.29, 0.717) is 32.2 Å². The van der Waals surface area contributed by atoms with Crippen LogP contribution < -0.4 is 25.8 Å². The minimum absolute atomic E-state index is 0.0194. The van der Waals surface area contributed by atoms with Gasteiger partial charge in [-0.15, -0.1) is 0 Å². The number of ether oxygens (including phenoxy) is 2. The quantitative estimate of drug-likeness (QED) is 0.487. The van der Waals surface area contributed by atoms with Crippen molar-refractivity contribution in [3.63, 3.8) is 0 Å². The summed E-state index contributed by atoms with van der Waals surface area (Å²) in [6.45, 7) is 6.76. The standard InChI is InChI=1S/C28H40FN3O5/c1-28(2,3)14-31-27(35)23-16-5-6-17(11-16)24(23)32-26(34)19-12-22(20(29)13-21(19)36-4)37-18-9-7-15(8-10-18)25(30)33/h12-13,15-18,23-24H,5-11,14H2,1-4H3,(H2,30,33)(H,31,35)(H,32,34). The van der Waals surface area contributed by atoms with E-state index < -0.39 is 11.7 Å². The van der Waals surface area contributed by atoms with Crippen LogP contribution in [-0.2, 0) is 9.59 Å². The average Bonchev–Trinajstić information content (AvgIpc) is 3.45. The number of nitrogens with one attached hydrogen (secondary N) is 2. The van der Waals surface area contributed by atoms with Crippen molar-refractivity contribution in [1.82, 2.24) is 10.6 Å². The molecule has 8 nitrogen and oxygen atoms in total. The molecule has 4 N–H and O–H groups in total. The number of methoxy groups -OCH3 is 1. The van der Waals surface area contributed by atoms with Crippen LogP contribution in [0, 0.1) is 34.9 Å². The molecule has 0 heterocycles. The molecule has 0 radical (unpaired) electrons. The summed E-state index contributed by atoms with van der Waals surface area (Å²) in [4.78, 5) is 38.0. The highest BCUT2D eigenvalue weighted by Crippen LogP contribution is 2.49. The molecule has 204 valence electrons. The van der Waals surface area contributed by atoms with Crippen molar-refractivity contribution >= 4 is 17.7 Å². The van der Waals surface area contributed by atoms with Gasteiger partial charge in [-0.05, 0) is 68.3 Å². The molecule has 4 atom stereocenters. The Kier molecular flexibility index (Phi) is 7.99. The molecule has 3 fully saturated rings. The van der Waals surface area contributed by atoms with Gasteiger partial charge in [0.1, 0.15) is 5.75 Å². The van der Waals surface area contributed by atoms with E-state index in [1.807, 2.05) is 0 Å². The summed E-state index contributed by atoms with van der Waals surface area (Å²) >= 11 is 0. The van der Waals surface area contributed by atoms with E-state index in [1.54, 1.807) is 0 Å². The molecule has 0 saturated heterocycles. The Morgan fingerprint density at radius 2 is 1.70 bits per heavy atom. The summed E-state index contributed by atoms with van der Waals surface area (Å²) in [5.41, 5.74) is 5.53. The number of primary amides is 1. The fraction of sp³-hybridized carbons (Fsp3) is 0.679. The summed E-state index contributed by atoms with van der Waals surface area (Å²) in [6.07, 6.45) is 4.95. The van der Waals surface area contributed by atoms with Crippen LogP contribution in [-0.4, -0.2) is 43.5 Å². The smallest absolute Gasteiger partial charge is 0.255 e. The van der Waals surface area contributed by atoms with Crippen molar-refractivity contribution < 1.29 is 28.2 Å². The molecule has 3 aliphatic rings. The third kappa shape index (κ3) is 6.18. The van der Waals surface area contributed by atoms with E-state index in [-0.39, 0.29) is 70.1 Å². The van der Waals surface area contributed by atoms with Crippen molar-refractivity contribution in [1.29, 1.82) is 0 Å². The van der Waals surface area contributed by atoms with Gasteiger partial charge in [-0.25, -0.2) is 4.39 Å². The van der Waals surface area contributed by atoms with Gasteiger partial charge in [0.25, 0.3) is 5.91 Å². The van der Waals surface area contributed by atoms with Crippen molar-refractivity contribution in [2.45, 2.75) is 77.9 Å². The Hall–Kier alpha value is -2.84. The van der Waals surface area contributed by atoms with Gasteiger partial charge >= 0.3 is 0 Å². The Morgan fingerprint density at radius 1 is 1.03 bits per heavy atom. The summed E-state index contributed by atoms with van der Waals surface area (Å²) in [7, 11) is 1.39. The van der Waals surface area contributed by atoms with Crippen LogP contribution >= 0.6 is 0 Å². The maximum absolute atomic E-state index is 14.9. The average molecular weight is 518 g/mol. The third-order valence-electron chi connectivity index (χ3n) is 8.18. The molecule has 3 amide bonds. The lowest BCUT2D eigenvalue weighted by molar-refractivity contribution is -0.127. The number of fused-ring (bicyclic) bond motifs is 2. The summed E-state index contributed by atoms with van der Waals surface area (Å²) in [6, 6.07) is 2.26. The molecule has 37 heavy (non-hydrogen) atoms. The fourth-order valence-corrected chi connectivity index (χ4v) is 6.19. The monoisotopic (exact) mass is 517 g/mol. The minimum atomic E-state index is -0.621. The SMILES string of the molecule is COc1cc(F)c(OC2CCC(C(N)=O)CC2)cc1C(=O)NC1C2CCC(C2)C1C(=O)NCC(C)(C)C. The van der Waals surface area contributed by atoms with Gasteiger partial charge in [0.05, 0.1) is 24.7 Å². The van der Waals surface area contributed by atoms with Crippen LogP contribution in [0.1, 0.15) is 76.1 Å². The third-order valence-corrected chi connectivity index (χ3v) is 8.18. The van der Waals surface area contributed by atoms with Crippen LogP contribution in [0.2, 0.25) is 0 Å². The van der Waals surface area contributed by atoms with E-state index in [2.05, 4.69) is 31.4 Å². The number of hydrogen-bond acceptors (Lipinski definition) is 5. The highest BCUT2D eigenvalue weighted by atomic mass is 19.1. The second-order valence-electron chi connectivity index (χ2n) is 12.1. The molecule has 4 unspecified atom stereocenters. The van der Waals surface area contributed by atoms with Crippen LogP contribution in [0.3, 0.4) is 0 Å². The predicted octanol–water partition coefficient (Wildman–Crippen LogP) is 3.56. The zero-order valence-electron chi connectivity index (χ0n) is 22.3. The molecule has 1 aromatic rings. The Labute approximate surface area is 218 Å². The first-order valence-electron chi connectivity index (χ1n) is 13.4. The zero-order chi connectivity index (χ0) is 26.9. The maximum atomic E-state index is 14.9. The normalized spacial score (nSPS) is 29.0. The molecule has 3 saturated carbocycles. The lowest BCUT2D eigenvalue weighted by Crippen LogP contribution is -2.50. The molecular formula is C28H40FN3O5. The van der Waals surface area contributed by atoms with Crippen LogP contribution in [0.25, 0.3) is 0 Å². The number of amides is 3. The predicted molar refractivity (Wildman–Crippen MR) is 137 cm³/mol. The van der Waals surface area contributed by atoms with E-state index in [0.717, 1.165) is 25.3 Å². The minimum Gasteiger partial charge on any atom is -0.496 e. The number of rotatable bonds is 8. The first-order valence-corrected chi connectivity index (χ1v) is 13.4. The molecule has 0 aliphatic heterocycles. The van der Waals surface area contributed by atoms with E-state index in [1.165, 1.54) is 13.2 Å². The molecule has 4 rings (SSSR count). The molecule has 1 aromatic carbocycles. The van der Waals surface area contributed by atoms with Gasteiger partial charge in [-0.3, -0.25) is 14.4 Å². The number of carbonyl (C=O) groups excluding carboxylic acids is 3. The Balaban J connectivity index is 1.48. The van der Waals surface area contributed by atoms with Gasteiger partial charge in [-0.1, -0.05) is 20.8 Å². The fourth-order valence-electron chi connectivity index (χ4n) is 6.19. The highest BCUT2D eigenvalue weighted by molar-refractivity contribution is 5.98. The summed E-state index contributed by atoms with van der Waals surface area (Å²) in [5.74, 6) is -1.27. The van der Waals surface area contributed by atoms with Crippen LogP contribution in [0.4, 0.5) is 4.39 Å². The van der Waals surface area contributed by atoms with Gasteiger partial charge in [0.15, 0.2) is 11.6 Å². The van der Waals surface area contributed by atoms with E-state index >= 15 is 0 Å². The second-order valence-corrected chi connectivity index (χ2v) is 12.1. The molecule has 9 heteroatoms. The van der Waals surface area contributed by atoms with Crippen molar-refractivity contribution in [3.8, 4) is 11.5 Å². The number of benzene rings is 1. The first-order chi connectivity index (χ1) is 17.5. The number of carbonyl (C=O) groups is 3. The molecule has 2 bridgehead atoms. The van der Waals surface area contributed by atoms with Crippen molar-refractivity contribution in [3.05, 3.63) is 23.5 Å². The topological polar surface area (TPSA) is 120 Å². The second kappa shape index (κ2) is 10.9. The van der Waals surface area contributed by atoms with E-state index in [9.17, 15) is 18.8 Å². The molecule has 3 aliphatic carbocycles. The van der Waals surface area contributed by atoms with E-state index in [4.69, 9.17) is 15.2 Å². The highest BCUT2D eigenvalue weighted by Gasteiger charge is 2.51. The van der Waals surface area contributed by atoms with Gasteiger partial charge in [0.2, 0.25) is 11.8 Å². The molecular weight excluding hydrogens is 477 g/mol. The van der Waals surface area contributed by atoms with Crippen LogP contribution in [0.5, 0.6) is 11.5 Å². The summed E-state index contributed by atoms with van der Waals surface area (Å²) < 4.78 is 26.1. The number of nitrogens with two attached hydrogens (primary N) is 1. The van der Waals surface area contributed by atoms with Gasteiger partial charge < -0.3 is 25.8 Å². The largest absolute Gasteiger partial charge is 0.496 e. The Morgan fingerprint density at radius 3 is 2.32 bits per heavy atom. The molecule has 0 spiro atoms. The van der Waals surface area contributed by atoms with Crippen molar-refractivity contribution in [2.24, 2.45) is 34.8 Å².